The lowest BCUT2D eigenvalue weighted by Crippen LogP contribution is -2.61. The van der Waals surface area contributed by atoms with Crippen molar-refractivity contribution < 1.29 is 14.3 Å². The van der Waals surface area contributed by atoms with E-state index in [1.54, 1.807) is 11.1 Å². The molecule has 3 amide bonds. The van der Waals surface area contributed by atoms with Gasteiger partial charge in [-0.3, -0.25) is 14.6 Å². The van der Waals surface area contributed by atoms with Crippen LogP contribution in [0.3, 0.4) is 0 Å². The van der Waals surface area contributed by atoms with E-state index in [-0.39, 0.29) is 18.0 Å². The van der Waals surface area contributed by atoms with Gasteiger partial charge in [0.25, 0.3) is 0 Å². The number of pyridine rings is 1. The standard InChI is InChI=1S/C28H27N5O3S/c1-16-13-20(36-19-5-3-2-4-6-19)9-10-21(16)33-22-11-12-29-27-23(22)24(31-28(33)35)25(37-27)26(34)30-17-14-32(15-17)18-7-8-18/h2-6,9-13,17-18,24-25H,7-8,14-15H2,1H3,(H,30,34)(H,31,35). The molecule has 9 heteroatoms. The first-order valence-electron chi connectivity index (χ1n) is 12.7. The average Bonchev–Trinajstić information content (AvgIpc) is 3.64. The first-order chi connectivity index (χ1) is 18.0. The van der Waals surface area contributed by atoms with Crippen LogP contribution in [0.1, 0.15) is 30.0 Å². The van der Waals surface area contributed by atoms with E-state index in [0.717, 1.165) is 52.4 Å². The summed E-state index contributed by atoms with van der Waals surface area (Å²) in [5.41, 5.74) is 3.34. The van der Waals surface area contributed by atoms with Gasteiger partial charge < -0.3 is 15.4 Å². The van der Waals surface area contributed by atoms with E-state index in [1.165, 1.54) is 24.6 Å². The van der Waals surface area contributed by atoms with Crippen LogP contribution in [-0.2, 0) is 4.79 Å². The number of thioether (sulfide) groups is 1. The Bertz CT molecular complexity index is 1390. The van der Waals surface area contributed by atoms with Crippen molar-refractivity contribution in [3.05, 3.63) is 71.9 Å². The lowest BCUT2D eigenvalue weighted by Gasteiger charge is -2.40. The fraction of sp³-hybridized carbons (Fsp3) is 0.321. The highest BCUT2D eigenvalue weighted by Gasteiger charge is 2.48. The number of aromatic nitrogens is 1. The van der Waals surface area contributed by atoms with Crippen molar-refractivity contribution in [3.63, 3.8) is 0 Å². The first kappa shape index (κ1) is 22.6. The van der Waals surface area contributed by atoms with Crippen LogP contribution in [-0.4, -0.2) is 52.2 Å². The van der Waals surface area contributed by atoms with Gasteiger partial charge in [0.1, 0.15) is 21.8 Å². The highest BCUT2D eigenvalue weighted by molar-refractivity contribution is 8.01. The lowest BCUT2D eigenvalue weighted by molar-refractivity contribution is -0.122. The monoisotopic (exact) mass is 513 g/mol. The minimum atomic E-state index is -0.438. The van der Waals surface area contributed by atoms with Crippen molar-refractivity contribution in [3.8, 4) is 11.5 Å². The van der Waals surface area contributed by atoms with E-state index < -0.39 is 11.3 Å². The summed E-state index contributed by atoms with van der Waals surface area (Å²) >= 11 is 1.44. The molecule has 2 aromatic carbocycles. The Balaban J connectivity index is 1.13. The zero-order valence-corrected chi connectivity index (χ0v) is 21.2. The van der Waals surface area contributed by atoms with Crippen molar-refractivity contribution in [2.24, 2.45) is 0 Å². The Morgan fingerprint density at radius 3 is 2.65 bits per heavy atom. The second-order valence-electron chi connectivity index (χ2n) is 10.1. The number of benzene rings is 2. The van der Waals surface area contributed by atoms with Gasteiger partial charge in [-0.05, 0) is 61.7 Å². The summed E-state index contributed by atoms with van der Waals surface area (Å²) in [5, 5.41) is 6.66. The minimum absolute atomic E-state index is 0.0354. The van der Waals surface area contributed by atoms with E-state index in [9.17, 15) is 9.59 Å². The van der Waals surface area contributed by atoms with Crippen molar-refractivity contribution in [2.45, 2.75) is 48.2 Å². The summed E-state index contributed by atoms with van der Waals surface area (Å²) < 4.78 is 5.97. The number of likely N-dealkylation sites (tertiary alicyclic amines) is 1. The molecule has 2 fully saturated rings. The van der Waals surface area contributed by atoms with Crippen molar-refractivity contribution >= 4 is 35.1 Å². The summed E-state index contributed by atoms with van der Waals surface area (Å²) in [6, 6.07) is 17.4. The SMILES string of the molecule is Cc1cc(Oc2ccccc2)ccc1N1C(=O)NC2c3c1ccnc3SC2C(=O)NC1CN(C2CC2)C1. The van der Waals surface area contributed by atoms with Gasteiger partial charge in [-0.1, -0.05) is 30.0 Å². The third-order valence-electron chi connectivity index (χ3n) is 7.47. The molecule has 7 rings (SSSR count). The molecule has 8 nitrogen and oxygen atoms in total. The molecule has 0 bridgehead atoms. The molecular formula is C28H27N5O3S. The molecule has 1 aromatic heterocycles. The zero-order valence-electron chi connectivity index (χ0n) is 20.4. The highest BCUT2D eigenvalue weighted by atomic mass is 32.2. The number of amides is 3. The number of para-hydroxylation sites is 1. The van der Waals surface area contributed by atoms with Gasteiger partial charge in [0.05, 0.1) is 23.5 Å². The molecule has 4 aliphatic rings. The fourth-order valence-corrected chi connectivity index (χ4v) is 6.69. The predicted molar refractivity (Wildman–Crippen MR) is 142 cm³/mol. The molecular weight excluding hydrogens is 486 g/mol. The number of ether oxygens (including phenoxy) is 1. The van der Waals surface area contributed by atoms with Gasteiger partial charge in [0.15, 0.2) is 0 Å². The van der Waals surface area contributed by atoms with Crippen molar-refractivity contribution in [1.82, 2.24) is 20.5 Å². The average molecular weight is 514 g/mol. The molecule has 37 heavy (non-hydrogen) atoms. The smallest absolute Gasteiger partial charge is 0.327 e. The summed E-state index contributed by atoms with van der Waals surface area (Å²) in [4.78, 5) is 35.4. The molecule has 2 atom stereocenters. The zero-order chi connectivity index (χ0) is 25.1. The number of hydrogen-bond acceptors (Lipinski definition) is 6. The van der Waals surface area contributed by atoms with Gasteiger partial charge in [-0.25, -0.2) is 9.78 Å². The van der Waals surface area contributed by atoms with Gasteiger partial charge in [-0.15, -0.1) is 0 Å². The van der Waals surface area contributed by atoms with E-state index >= 15 is 0 Å². The third-order valence-corrected chi connectivity index (χ3v) is 8.76. The normalized spacial score (nSPS) is 22.7. The predicted octanol–water partition coefficient (Wildman–Crippen LogP) is 4.52. The maximum Gasteiger partial charge on any atom is 0.327 e. The number of anilines is 2. The molecule has 188 valence electrons. The minimum Gasteiger partial charge on any atom is -0.457 e. The van der Waals surface area contributed by atoms with Gasteiger partial charge >= 0.3 is 6.03 Å². The fourth-order valence-electron chi connectivity index (χ4n) is 5.46. The summed E-state index contributed by atoms with van der Waals surface area (Å²) in [6.07, 6.45) is 4.26. The van der Waals surface area contributed by atoms with Gasteiger partial charge in [0.2, 0.25) is 5.91 Å². The van der Waals surface area contributed by atoms with Crippen molar-refractivity contribution in [2.75, 3.05) is 18.0 Å². The van der Waals surface area contributed by atoms with Gasteiger partial charge in [0, 0.05) is 30.9 Å². The Kier molecular flexibility index (Phi) is 5.37. The van der Waals surface area contributed by atoms with Gasteiger partial charge in [-0.2, -0.15) is 0 Å². The molecule has 1 saturated carbocycles. The molecule has 0 radical (unpaired) electrons. The summed E-state index contributed by atoms with van der Waals surface area (Å²) in [7, 11) is 0. The number of carbonyl (C=O) groups is 2. The van der Waals surface area contributed by atoms with E-state index in [2.05, 4.69) is 20.5 Å². The molecule has 2 N–H and O–H groups in total. The number of rotatable bonds is 6. The van der Waals surface area contributed by atoms with Crippen LogP contribution in [0.25, 0.3) is 0 Å². The molecule has 1 aliphatic carbocycles. The molecule has 4 heterocycles. The Morgan fingerprint density at radius 2 is 1.89 bits per heavy atom. The quantitative estimate of drug-likeness (QED) is 0.504. The number of urea groups is 1. The van der Waals surface area contributed by atoms with Crippen LogP contribution >= 0.6 is 11.8 Å². The van der Waals surface area contributed by atoms with E-state index in [0.29, 0.717) is 5.75 Å². The number of carbonyl (C=O) groups excluding carboxylic acids is 2. The van der Waals surface area contributed by atoms with Crippen LogP contribution in [0.15, 0.2) is 65.8 Å². The lowest BCUT2D eigenvalue weighted by atomic mass is 9.99. The molecule has 3 aromatic rings. The van der Waals surface area contributed by atoms with Crippen LogP contribution in [0.2, 0.25) is 0 Å². The second-order valence-corrected chi connectivity index (χ2v) is 11.2. The molecule has 3 aliphatic heterocycles. The maximum atomic E-state index is 13.5. The number of hydrogen-bond donors (Lipinski definition) is 2. The van der Waals surface area contributed by atoms with Crippen LogP contribution in [0, 0.1) is 6.92 Å². The number of nitrogens with one attached hydrogen (secondary N) is 2. The largest absolute Gasteiger partial charge is 0.457 e. The number of aryl methyl sites for hydroxylation is 1. The second kappa shape index (κ2) is 8.78. The van der Waals surface area contributed by atoms with E-state index in [4.69, 9.17) is 4.74 Å². The summed E-state index contributed by atoms with van der Waals surface area (Å²) in [5.74, 6) is 1.42. The van der Waals surface area contributed by atoms with Crippen LogP contribution < -0.4 is 20.3 Å². The third kappa shape index (κ3) is 4.02. The Labute approximate surface area is 219 Å². The molecule has 0 spiro atoms. The Hall–Kier alpha value is -3.56. The first-order valence-corrected chi connectivity index (χ1v) is 13.6. The van der Waals surface area contributed by atoms with Crippen LogP contribution in [0.5, 0.6) is 11.5 Å². The number of nitrogens with zero attached hydrogens (tertiary/aromatic N) is 3. The van der Waals surface area contributed by atoms with Crippen molar-refractivity contribution in [1.29, 1.82) is 0 Å². The summed E-state index contributed by atoms with van der Waals surface area (Å²) in [6.45, 7) is 3.79. The molecule has 1 saturated heterocycles. The topological polar surface area (TPSA) is 86.8 Å². The molecule has 2 unspecified atom stereocenters. The van der Waals surface area contributed by atoms with Crippen LogP contribution in [0.4, 0.5) is 16.2 Å². The maximum absolute atomic E-state index is 13.5. The highest BCUT2D eigenvalue weighted by Crippen LogP contribution is 2.51. The van der Waals surface area contributed by atoms with E-state index in [1.807, 2.05) is 61.5 Å². The Morgan fingerprint density at radius 1 is 1.08 bits per heavy atom.